The molecule has 0 atom stereocenters. The molecule has 4 aromatic carbocycles. The summed E-state index contributed by atoms with van der Waals surface area (Å²) in [7, 11) is 0. The van der Waals surface area contributed by atoms with E-state index in [0.29, 0.717) is 18.8 Å². The van der Waals surface area contributed by atoms with Gasteiger partial charge in [-0.05, 0) is 75.9 Å². The van der Waals surface area contributed by atoms with E-state index in [4.69, 9.17) is 4.42 Å². The third-order valence-electron chi connectivity index (χ3n) is 8.96. The van der Waals surface area contributed by atoms with E-state index < -0.39 is 0 Å². The van der Waals surface area contributed by atoms with Gasteiger partial charge < -0.3 is 13.8 Å². The minimum atomic E-state index is -0.0289. The topological polar surface area (TPSA) is 33.5 Å². The van der Waals surface area contributed by atoms with E-state index in [-0.39, 0.29) is 5.91 Å². The Labute approximate surface area is 251 Å². The van der Waals surface area contributed by atoms with Crippen LogP contribution in [0.1, 0.15) is 65.1 Å². The smallest absolute Gasteiger partial charge is 0.290 e. The predicted octanol–water partition coefficient (Wildman–Crippen LogP) is 8.99. The Morgan fingerprint density at radius 2 is 1.45 bits per heavy atom. The number of carbonyl (C=O) groups excluding carboxylic acids is 1. The van der Waals surface area contributed by atoms with Crippen molar-refractivity contribution in [2.75, 3.05) is 26.2 Å². The third-order valence-corrected chi connectivity index (χ3v) is 8.96. The minimum Gasteiger partial charge on any atom is -0.451 e. The summed E-state index contributed by atoms with van der Waals surface area (Å²) in [4.78, 5) is 16.0. The van der Waals surface area contributed by atoms with Gasteiger partial charge in [-0.2, -0.15) is 0 Å². The fraction of sp³-hybridized carbons (Fsp3) is 0.342. The summed E-state index contributed by atoms with van der Waals surface area (Å²) < 4.78 is 7.20. The van der Waals surface area contributed by atoms with Crippen molar-refractivity contribution in [3.63, 3.8) is 0 Å². The summed E-state index contributed by atoms with van der Waals surface area (Å²) in [6, 6.07) is 29.8. The summed E-state index contributed by atoms with van der Waals surface area (Å²) in [5.41, 5.74) is 6.91. The molecule has 0 unspecified atom stereocenters. The second-order valence-corrected chi connectivity index (χ2v) is 12.0. The normalized spacial score (nSPS) is 11.8. The first kappa shape index (κ1) is 29.6. The zero-order valence-corrected chi connectivity index (χ0v) is 26.0. The summed E-state index contributed by atoms with van der Waals surface area (Å²) in [5, 5.41) is 3.41. The number of aryl methyl sites for hydroxylation is 3. The van der Waals surface area contributed by atoms with Crippen LogP contribution in [0.5, 0.6) is 0 Å². The Morgan fingerprint density at radius 3 is 2.17 bits per heavy atom. The average molecular weight is 562 g/mol. The lowest BCUT2D eigenvalue weighted by molar-refractivity contribution is -0.938. The second kappa shape index (κ2) is 13.0. The molecule has 4 heteroatoms. The largest absolute Gasteiger partial charge is 0.451 e. The van der Waals surface area contributed by atoms with Gasteiger partial charge in [0.05, 0.1) is 19.6 Å². The van der Waals surface area contributed by atoms with Crippen molar-refractivity contribution in [2.45, 2.75) is 60.5 Å². The van der Waals surface area contributed by atoms with Crippen LogP contribution >= 0.6 is 0 Å². The number of furan rings is 1. The molecule has 0 aliphatic carbocycles. The number of fused-ring (bicyclic) bond motifs is 2. The molecule has 1 amide bonds. The predicted molar refractivity (Wildman–Crippen MR) is 175 cm³/mol. The molecule has 0 N–H and O–H groups in total. The van der Waals surface area contributed by atoms with Crippen molar-refractivity contribution in [2.24, 2.45) is 0 Å². The lowest BCUT2D eigenvalue weighted by Crippen LogP contribution is -2.47. The fourth-order valence-corrected chi connectivity index (χ4v) is 6.47. The lowest BCUT2D eigenvalue weighted by Gasteiger charge is -2.37. The summed E-state index contributed by atoms with van der Waals surface area (Å²) >= 11 is 0. The number of rotatable bonds is 12. The van der Waals surface area contributed by atoms with E-state index in [2.05, 4.69) is 88.4 Å². The molecule has 0 spiro atoms. The first-order valence-corrected chi connectivity index (χ1v) is 15.5. The van der Waals surface area contributed by atoms with E-state index in [1.54, 1.807) is 0 Å². The van der Waals surface area contributed by atoms with E-state index in [0.717, 1.165) is 65.6 Å². The molecule has 0 saturated carbocycles. The standard InChI is InChI=1S/C38H45N2O2/c1-6-40(7-2,27-32-23-28(3)22-29(4)24-32)21-13-12-20-39(26-31-18-19-33-14-8-9-15-34(33)25-31)38(41)37-30(5)35-16-10-11-17-36(35)42-37/h8-11,14-19,22-25H,6-7,12-13,20-21,26-27H2,1-5H3/q+1. The molecule has 0 saturated heterocycles. The molecule has 4 nitrogen and oxygen atoms in total. The van der Waals surface area contributed by atoms with E-state index in [1.165, 1.54) is 27.5 Å². The van der Waals surface area contributed by atoms with Gasteiger partial charge in [0.1, 0.15) is 12.1 Å². The van der Waals surface area contributed by atoms with E-state index in [9.17, 15) is 4.79 Å². The molecule has 0 bridgehead atoms. The van der Waals surface area contributed by atoms with E-state index >= 15 is 0 Å². The quantitative estimate of drug-likeness (QED) is 0.112. The maximum Gasteiger partial charge on any atom is 0.290 e. The summed E-state index contributed by atoms with van der Waals surface area (Å²) in [5.74, 6) is 0.429. The van der Waals surface area contributed by atoms with Gasteiger partial charge in [0.2, 0.25) is 0 Å². The van der Waals surface area contributed by atoms with Gasteiger partial charge in [-0.25, -0.2) is 0 Å². The number of benzene rings is 4. The molecular formula is C38H45N2O2+. The number of carbonyl (C=O) groups is 1. The molecule has 218 valence electrons. The van der Waals surface area contributed by atoms with Crippen molar-refractivity contribution < 1.29 is 13.7 Å². The molecule has 5 aromatic rings. The second-order valence-electron chi connectivity index (χ2n) is 12.0. The highest BCUT2D eigenvalue weighted by Gasteiger charge is 2.26. The fourth-order valence-electron chi connectivity index (χ4n) is 6.47. The van der Waals surface area contributed by atoms with Crippen molar-refractivity contribution in [1.82, 2.24) is 4.90 Å². The van der Waals surface area contributed by atoms with Crippen LogP contribution in [-0.4, -0.2) is 41.5 Å². The molecular weight excluding hydrogens is 516 g/mol. The van der Waals surface area contributed by atoms with Gasteiger partial charge in [-0.15, -0.1) is 0 Å². The highest BCUT2D eigenvalue weighted by atomic mass is 16.3. The Kier molecular flexibility index (Phi) is 9.13. The van der Waals surface area contributed by atoms with Gasteiger partial charge in [0.15, 0.2) is 5.76 Å². The zero-order valence-electron chi connectivity index (χ0n) is 26.0. The average Bonchev–Trinajstić information content (AvgIpc) is 3.33. The van der Waals surface area contributed by atoms with Crippen LogP contribution in [0.3, 0.4) is 0 Å². The van der Waals surface area contributed by atoms with Crippen LogP contribution in [0.15, 0.2) is 89.3 Å². The Balaban J connectivity index is 1.34. The van der Waals surface area contributed by atoms with Crippen LogP contribution in [0.4, 0.5) is 0 Å². The lowest BCUT2D eigenvalue weighted by atomic mass is 10.1. The van der Waals surface area contributed by atoms with E-state index in [1.807, 2.05) is 36.1 Å². The number of hydrogen-bond acceptors (Lipinski definition) is 2. The molecule has 5 rings (SSSR count). The van der Waals surface area contributed by atoms with Crippen molar-refractivity contribution in [3.8, 4) is 0 Å². The number of nitrogens with zero attached hydrogens (tertiary/aromatic N) is 2. The van der Waals surface area contributed by atoms with Gasteiger partial charge in [0, 0.05) is 29.6 Å². The molecule has 0 aliphatic rings. The SMILES string of the molecule is CC[N+](CC)(CCCCN(Cc1ccc2ccccc2c1)C(=O)c1oc2ccccc2c1C)Cc1cc(C)cc(C)c1. The maximum atomic E-state index is 14.0. The molecule has 42 heavy (non-hydrogen) atoms. The Morgan fingerprint density at radius 1 is 0.762 bits per heavy atom. The van der Waals surface area contributed by atoms with Gasteiger partial charge in [0.25, 0.3) is 5.91 Å². The van der Waals surface area contributed by atoms with Crippen LogP contribution < -0.4 is 0 Å². The van der Waals surface area contributed by atoms with Crippen molar-refractivity contribution in [1.29, 1.82) is 0 Å². The molecule has 1 heterocycles. The van der Waals surface area contributed by atoms with Crippen LogP contribution in [0, 0.1) is 20.8 Å². The monoisotopic (exact) mass is 561 g/mol. The van der Waals surface area contributed by atoms with Gasteiger partial charge in [-0.3, -0.25) is 4.79 Å². The Hall–Kier alpha value is -3.89. The number of para-hydroxylation sites is 1. The van der Waals surface area contributed by atoms with Crippen molar-refractivity contribution >= 4 is 27.6 Å². The highest BCUT2D eigenvalue weighted by molar-refractivity contribution is 5.99. The number of hydrogen-bond donors (Lipinski definition) is 0. The first-order chi connectivity index (χ1) is 20.3. The van der Waals surface area contributed by atoms with Crippen LogP contribution in [-0.2, 0) is 13.1 Å². The molecule has 0 radical (unpaired) electrons. The number of unbranched alkanes of at least 4 members (excludes halogenated alkanes) is 1. The zero-order chi connectivity index (χ0) is 29.7. The maximum absolute atomic E-state index is 14.0. The van der Waals surface area contributed by atoms with Gasteiger partial charge in [-0.1, -0.05) is 83.9 Å². The minimum absolute atomic E-state index is 0.0289. The first-order valence-electron chi connectivity index (χ1n) is 15.5. The molecule has 1 aromatic heterocycles. The van der Waals surface area contributed by atoms with Crippen molar-refractivity contribution in [3.05, 3.63) is 119 Å². The number of amides is 1. The van der Waals surface area contributed by atoms with Crippen LogP contribution in [0.25, 0.3) is 21.7 Å². The number of quaternary nitrogens is 1. The molecule has 0 fully saturated rings. The van der Waals surface area contributed by atoms with Crippen LogP contribution in [0.2, 0.25) is 0 Å². The highest BCUT2D eigenvalue weighted by Crippen LogP contribution is 2.27. The molecule has 0 aliphatic heterocycles. The summed E-state index contributed by atoms with van der Waals surface area (Å²) in [6.07, 6.45) is 2.01. The summed E-state index contributed by atoms with van der Waals surface area (Å²) in [6.45, 7) is 16.6. The van der Waals surface area contributed by atoms with Gasteiger partial charge >= 0.3 is 0 Å². The third kappa shape index (κ3) is 6.60. The Bertz CT molecular complexity index is 1660.